The van der Waals surface area contributed by atoms with Gasteiger partial charge in [0, 0.05) is 17.7 Å². The lowest BCUT2D eigenvalue weighted by Crippen LogP contribution is -2.23. The summed E-state index contributed by atoms with van der Waals surface area (Å²) in [5.41, 5.74) is 3.28. The Labute approximate surface area is 160 Å². The molecule has 2 aromatic rings. The van der Waals surface area contributed by atoms with Crippen LogP contribution in [0.2, 0.25) is 0 Å². The summed E-state index contributed by atoms with van der Waals surface area (Å²) >= 11 is 0. The Balaban J connectivity index is 2.01. The number of phenolic OH excluding ortho intramolecular Hbond substituents is 1. The SMILES string of the molecule is C=C/C(=C\C)C(=O)NCc1ccc(C(=C)Oc2ccc(O)cc2CC)cc1. The van der Waals surface area contributed by atoms with Gasteiger partial charge < -0.3 is 15.2 Å². The number of carbonyl (C=O) groups excluding carboxylic acids is 1. The maximum Gasteiger partial charge on any atom is 0.251 e. The molecule has 1 amide bonds. The van der Waals surface area contributed by atoms with Crippen molar-refractivity contribution >= 4 is 11.7 Å². The second-order valence-corrected chi connectivity index (χ2v) is 6.00. The number of carbonyl (C=O) groups is 1. The number of aryl methyl sites for hydroxylation is 1. The molecular weight excluding hydrogens is 338 g/mol. The summed E-state index contributed by atoms with van der Waals surface area (Å²) in [5, 5.41) is 12.4. The zero-order chi connectivity index (χ0) is 19.8. The Morgan fingerprint density at radius 1 is 1.22 bits per heavy atom. The van der Waals surface area contributed by atoms with Gasteiger partial charge in [-0.25, -0.2) is 0 Å². The van der Waals surface area contributed by atoms with E-state index in [0.29, 0.717) is 23.6 Å². The first-order valence-corrected chi connectivity index (χ1v) is 8.83. The van der Waals surface area contributed by atoms with Gasteiger partial charge in [0.05, 0.1) is 0 Å². The first-order valence-electron chi connectivity index (χ1n) is 8.83. The number of rotatable bonds is 8. The monoisotopic (exact) mass is 363 g/mol. The summed E-state index contributed by atoms with van der Waals surface area (Å²) in [5.74, 6) is 1.27. The van der Waals surface area contributed by atoms with Gasteiger partial charge in [0.2, 0.25) is 0 Å². The minimum absolute atomic E-state index is 0.149. The molecule has 2 rings (SSSR count). The number of nitrogens with one attached hydrogen (secondary N) is 1. The molecular formula is C23H25NO3. The molecule has 0 atom stereocenters. The van der Waals surface area contributed by atoms with Crippen LogP contribution in [0.1, 0.15) is 30.5 Å². The molecule has 0 fully saturated rings. The van der Waals surface area contributed by atoms with E-state index in [9.17, 15) is 9.90 Å². The number of amides is 1. The molecule has 0 aliphatic heterocycles. The Morgan fingerprint density at radius 2 is 1.93 bits per heavy atom. The molecule has 0 saturated heterocycles. The van der Waals surface area contributed by atoms with Crippen LogP contribution in [-0.4, -0.2) is 11.0 Å². The Bertz CT molecular complexity index is 864. The van der Waals surface area contributed by atoms with Crippen LogP contribution in [0.15, 0.2) is 73.3 Å². The van der Waals surface area contributed by atoms with Gasteiger partial charge >= 0.3 is 0 Å². The van der Waals surface area contributed by atoms with Gasteiger partial charge in [-0.15, -0.1) is 0 Å². The van der Waals surface area contributed by atoms with E-state index >= 15 is 0 Å². The molecule has 0 aliphatic rings. The quantitative estimate of drug-likeness (QED) is 0.404. The van der Waals surface area contributed by atoms with Gasteiger partial charge in [-0.3, -0.25) is 4.79 Å². The van der Waals surface area contributed by atoms with Gasteiger partial charge in [-0.2, -0.15) is 0 Å². The molecule has 0 saturated carbocycles. The van der Waals surface area contributed by atoms with Crippen molar-refractivity contribution in [3.8, 4) is 11.5 Å². The Hall–Kier alpha value is -3.27. The molecule has 0 aliphatic carbocycles. The summed E-state index contributed by atoms with van der Waals surface area (Å²) < 4.78 is 5.88. The number of benzene rings is 2. The lowest BCUT2D eigenvalue weighted by molar-refractivity contribution is -0.117. The highest BCUT2D eigenvalue weighted by molar-refractivity contribution is 5.95. The highest BCUT2D eigenvalue weighted by Gasteiger charge is 2.08. The molecule has 0 radical (unpaired) electrons. The smallest absolute Gasteiger partial charge is 0.251 e. The van der Waals surface area contributed by atoms with Crippen LogP contribution in [0.3, 0.4) is 0 Å². The molecule has 2 N–H and O–H groups in total. The number of ether oxygens (including phenoxy) is 1. The van der Waals surface area contributed by atoms with Crippen LogP contribution in [-0.2, 0) is 17.8 Å². The van der Waals surface area contributed by atoms with Crippen molar-refractivity contribution in [2.75, 3.05) is 0 Å². The molecule has 0 heterocycles. The molecule has 140 valence electrons. The normalized spacial score (nSPS) is 11.0. The summed E-state index contributed by atoms with van der Waals surface area (Å²) in [7, 11) is 0. The van der Waals surface area contributed by atoms with Crippen LogP contribution in [0.25, 0.3) is 5.76 Å². The second-order valence-electron chi connectivity index (χ2n) is 6.00. The number of hydrogen-bond donors (Lipinski definition) is 2. The lowest BCUT2D eigenvalue weighted by Gasteiger charge is -2.13. The van der Waals surface area contributed by atoms with Crippen molar-refractivity contribution in [3.63, 3.8) is 0 Å². The fourth-order valence-electron chi connectivity index (χ4n) is 2.57. The van der Waals surface area contributed by atoms with E-state index in [1.165, 1.54) is 6.08 Å². The maximum absolute atomic E-state index is 11.9. The average Bonchev–Trinajstić information content (AvgIpc) is 2.69. The molecule has 4 heteroatoms. The van der Waals surface area contributed by atoms with Gasteiger partial charge in [0.15, 0.2) is 0 Å². The topological polar surface area (TPSA) is 58.6 Å². The highest BCUT2D eigenvalue weighted by atomic mass is 16.5. The Morgan fingerprint density at radius 3 is 2.52 bits per heavy atom. The number of allylic oxidation sites excluding steroid dienone is 1. The number of aromatic hydroxyl groups is 1. The fourth-order valence-corrected chi connectivity index (χ4v) is 2.57. The van der Waals surface area contributed by atoms with Crippen molar-refractivity contribution in [2.24, 2.45) is 0 Å². The minimum atomic E-state index is -0.149. The third-order valence-electron chi connectivity index (χ3n) is 4.18. The zero-order valence-corrected chi connectivity index (χ0v) is 15.8. The van der Waals surface area contributed by atoms with Crippen molar-refractivity contribution in [3.05, 3.63) is 90.0 Å². The molecule has 0 aromatic heterocycles. The first kappa shape index (κ1) is 20.0. The summed E-state index contributed by atoms with van der Waals surface area (Å²) in [6.07, 6.45) is 4.00. The lowest BCUT2D eigenvalue weighted by atomic mass is 10.1. The van der Waals surface area contributed by atoms with Gasteiger partial charge in [0.1, 0.15) is 17.3 Å². The third kappa shape index (κ3) is 5.35. The van der Waals surface area contributed by atoms with E-state index in [1.807, 2.05) is 31.2 Å². The van der Waals surface area contributed by atoms with E-state index in [-0.39, 0.29) is 11.7 Å². The predicted molar refractivity (Wildman–Crippen MR) is 109 cm³/mol. The van der Waals surface area contributed by atoms with Crippen molar-refractivity contribution in [2.45, 2.75) is 26.8 Å². The standard InChI is InChI=1S/C23H25NO3/c1-5-18(6-2)23(26)24-15-17-8-10-20(11-9-17)16(4)27-22-13-12-21(25)14-19(22)7-3/h5-6,8-14,25H,1,4,7,15H2,2-3H3,(H,24,26)/b18-6+. The van der Waals surface area contributed by atoms with Crippen LogP contribution in [0, 0.1) is 0 Å². The number of phenols is 1. The molecule has 2 aromatic carbocycles. The minimum Gasteiger partial charge on any atom is -0.508 e. The highest BCUT2D eigenvalue weighted by Crippen LogP contribution is 2.27. The Kier molecular flexibility index (Phi) is 7.00. The van der Waals surface area contributed by atoms with Gasteiger partial charge in [-0.05, 0) is 42.7 Å². The van der Waals surface area contributed by atoms with E-state index in [1.54, 1.807) is 31.2 Å². The molecule has 0 spiro atoms. The van der Waals surface area contributed by atoms with Gasteiger partial charge in [-0.1, -0.05) is 56.5 Å². The van der Waals surface area contributed by atoms with Gasteiger partial charge in [0.25, 0.3) is 5.91 Å². The van der Waals surface area contributed by atoms with E-state index in [0.717, 1.165) is 23.1 Å². The van der Waals surface area contributed by atoms with Crippen LogP contribution in [0.5, 0.6) is 11.5 Å². The van der Waals surface area contributed by atoms with Crippen molar-refractivity contribution in [1.82, 2.24) is 5.32 Å². The molecule has 0 bridgehead atoms. The zero-order valence-electron chi connectivity index (χ0n) is 15.8. The summed E-state index contributed by atoms with van der Waals surface area (Å²) in [4.78, 5) is 11.9. The molecule has 0 unspecified atom stereocenters. The third-order valence-corrected chi connectivity index (χ3v) is 4.18. The molecule has 4 nitrogen and oxygen atoms in total. The van der Waals surface area contributed by atoms with Crippen LogP contribution in [0.4, 0.5) is 0 Å². The predicted octanol–water partition coefficient (Wildman–Crippen LogP) is 4.75. The van der Waals surface area contributed by atoms with Crippen LogP contribution < -0.4 is 10.1 Å². The van der Waals surface area contributed by atoms with Crippen LogP contribution >= 0.6 is 0 Å². The van der Waals surface area contributed by atoms with E-state index < -0.39 is 0 Å². The largest absolute Gasteiger partial charge is 0.508 e. The molecule has 27 heavy (non-hydrogen) atoms. The fraction of sp³-hybridized carbons (Fsp3) is 0.174. The van der Waals surface area contributed by atoms with E-state index in [4.69, 9.17) is 4.74 Å². The maximum atomic E-state index is 11.9. The summed E-state index contributed by atoms with van der Waals surface area (Å²) in [6, 6.07) is 12.7. The average molecular weight is 363 g/mol. The van der Waals surface area contributed by atoms with Crippen molar-refractivity contribution in [1.29, 1.82) is 0 Å². The second kappa shape index (κ2) is 9.43. The van der Waals surface area contributed by atoms with Crippen molar-refractivity contribution < 1.29 is 14.6 Å². The summed E-state index contributed by atoms with van der Waals surface area (Å²) in [6.45, 7) is 11.8. The first-order chi connectivity index (χ1) is 13.0. The van der Waals surface area contributed by atoms with E-state index in [2.05, 4.69) is 18.5 Å². The number of hydrogen-bond acceptors (Lipinski definition) is 3.